The molecule has 0 bridgehead atoms. The second-order valence-electron chi connectivity index (χ2n) is 4.45. The monoisotopic (exact) mass is 264 g/mol. The van der Waals surface area contributed by atoms with E-state index in [-0.39, 0.29) is 11.9 Å². The normalized spacial score (nSPS) is 11.9. The molecule has 3 N–H and O–H groups in total. The highest BCUT2D eigenvalue weighted by Crippen LogP contribution is 2.08. The number of rotatable bonds is 6. The Morgan fingerprint density at radius 1 is 1.44 bits per heavy atom. The van der Waals surface area contributed by atoms with Crippen LogP contribution in [0.25, 0.3) is 0 Å². The molecule has 0 spiro atoms. The first-order chi connectivity index (χ1) is 8.52. The van der Waals surface area contributed by atoms with Crippen LogP contribution >= 0.6 is 12.2 Å². The minimum Gasteiger partial charge on any atom is -0.393 e. The van der Waals surface area contributed by atoms with Crippen LogP contribution < -0.4 is 11.1 Å². The number of carbonyl (C=O) groups excluding carboxylic acids is 1. The van der Waals surface area contributed by atoms with Crippen molar-refractivity contribution >= 4 is 23.1 Å². The van der Waals surface area contributed by atoms with Gasteiger partial charge in [-0.15, -0.1) is 0 Å². The summed E-state index contributed by atoms with van der Waals surface area (Å²) >= 11 is 4.87. The molecule has 1 amide bonds. The van der Waals surface area contributed by atoms with Crippen molar-refractivity contribution in [3.05, 3.63) is 35.4 Å². The summed E-state index contributed by atoms with van der Waals surface area (Å²) in [4.78, 5) is 12.4. The molecule has 0 aliphatic rings. The quantitative estimate of drug-likeness (QED) is 0.774. The van der Waals surface area contributed by atoms with E-state index < -0.39 is 0 Å². The van der Waals surface area contributed by atoms with Crippen molar-refractivity contribution in [3.63, 3.8) is 0 Å². The van der Waals surface area contributed by atoms with Crippen molar-refractivity contribution in [2.24, 2.45) is 5.73 Å². The molecular weight excluding hydrogens is 244 g/mol. The second kappa shape index (κ2) is 7.11. The lowest BCUT2D eigenvalue weighted by Crippen LogP contribution is -2.37. The van der Waals surface area contributed by atoms with Crippen LogP contribution in [0.2, 0.25) is 0 Å². The maximum absolute atomic E-state index is 11.9. The molecule has 1 atom stereocenters. The number of hydrogen-bond donors (Lipinski definition) is 2. The molecule has 1 rings (SSSR count). The van der Waals surface area contributed by atoms with E-state index in [0.29, 0.717) is 17.8 Å². The van der Waals surface area contributed by atoms with Crippen LogP contribution in [0.4, 0.5) is 0 Å². The summed E-state index contributed by atoms with van der Waals surface area (Å²) in [6.07, 6.45) is 1.79. The van der Waals surface area contributed by atoms with E-state index in [9.17, 15) is 4.79 Å². The largest absolute Gasteiger partial charge is 0.393 e. The summed E-state index contributed by atoms with van der Waals surface area (Å²) in [5.41, 5.74) is 7.69. The van der Waals surface area contributed by atoms with E-state index in [1.165, 1.54) is 0 Å². The van der Waals surface area contributed by atoms with Crippen LogP contribution in [0, 0.1) is 6.92 Å². The Morgan fingerprint density at radius 3 is 2.67 bits per heavy atom. The smallest absolute Gasteiger partial charge is 0.224 e. The van der Waals surface area contributed by atoms with Crippen molar-refractivity contribution < 1.29 is 4.79 Å². The summed E-state index contributed by atoms with van der Waals surface area (Å²) in [5.74, 6) is 0.0207. The molecule has 4 heteroatoms. The molecule has 3 nitrogen and oxygen atoms in total. The highest BCUT2D eigenvalue weighted by atomic mass is 32.1. The average molecular weight is 264 g/mol. The molecule has 0 aliphatic heterocycles. The number of hydrogen-bond acceptors (Lipinski definition) is 2. The van der Waals surface area contributed by atoms with Crippen molar-refractivity contribution in [2.45, 2.75) is 39.2 Å². The first kappa shape index (κ1) is 14.6. The van der Waals surface area contributed by atoms with Gasteiger partial charge in [-0.2, -0.15) is 0 Å². The zero-order chi connectivity index (χ0) is 13.5. The first-order valence-electron chi connectivity index (χ1n) is 6.15. The lowest BCUT2D eigenvalue weighted by atomic mass is 10.0. The van der Waals surface area contributed by atoms with Gasteiger partial charge in [-0.05, 0) is 24.5 Å². The van der Waals surface area contributed by atoms with Gasteiger partial charge in [0, 0.05) is 12.5 Å². The van der Waals surface area contributed by atoms with Crippen molar-refractivity contribution in [1.82, 2.24) is 5.32 Å². The number of aryl methyl sites for hydroxylation is 1. The van der Waals surface area contributed by atoms with Crippen LogP contribution in [-0.4, -0.2) is 16.9 Å². The maximum atomic E-state index is 11.9. The summed E-state index contributed by atoms with van der Waals surface area (Å²) < 4.78 is 0. The predicted molar refractivity (Wildman–Crippen MR) is 78.5 cm³/mol. The summed E-state index contributed by atoms with van der Waals surface area (Å²) in [5, 5.41) is 2.97. The molecular formula is C14H20N2OS. The fourth-order valence-corrected chi connectivity index (χ4v) is 2.00. The van der Waals surface area contributed by atoms with Crippen LogP contribution in [0.3, 0.4) is 0 Å². The average Bonchev–Trinajstić information content (AvgIpc) is 2.30. The molecule has 0 aliphatic carbocycles. The molecule has 98 valence electrons. The Balaban J connectivity index is 2.55. The third kappa shape index (κ3) is 4.84. The fraction of sp³-hybridized carbons (Fsp3) is 0.429. The second-order valence-corrected chi connectivity index (χ2v) is 4.97. The number of benzene rings is 1. The highest BCUT2D eigenvalue weighted by Gasteiger charge is 2.12. The summed E-state index contributed by atoms with van der Waals surface area (Å²) in [7, 11) is 0. The van der Waals surface area contributed by atoms with Crippen LogP contribution in [0.1, 0.15) is 30.9 Å². The van der Waals surface area contributed by atoms with Gasteiger partial charge in [0.25, 0.3) is 0 Å². The van der Waals surface area contributed by atoms with E-state index in [4.69, 9.17) is 18.0 Å². The van der Waals surface area contributed by atoms with Gasteiger partial charge in [0.15, 0.2) is 0 Å². The fourth-order valence-electron chi connectivity index (χ4n) is 1.80. The Labute approximate surface area is 114 Å². The molecule has 1 unspecified atom stereocenters. The highest BCUT2D eigenvalue weighted by molar-refractivity contribution is 7.80. The van der Waals surface area contributed by atoms with Gasteiger partial charge in [0.05, 0.1) is 11.4 Å². The zero-order valence-corrected chi connectivity index (χ0v) is 11.7. The lowest BCUT2D eigenvalue weighted by molar-refractivity contribution is -0.121. The third-order valence-corrected chi connectivity index (χ3v) is 3.08. The number of amides is 1. The van der Waals surface area contributed by atoms with Crippen molar-refractivity contribution in [3.8, 4) is 0 Å². The molecule has 18 heavy (non-hydrogen) atoms. The Bertz CT molecular complexity index is 432. The van der Waals surface area contributed by atoms with Crippen LogP contribution in [0.5, 0.6) is 0 Å². The van der Waals surface area contributed by atoms with Gasteiger partial charge in [-0.25, -0.2) is 0 Å². The van der Waals surface area contributed by atoms with E-state index in [1.807, 2.05) is 38.1 Å². The van der Waals surface area contributed by atoms with E-state index in [0.717, 1.165) is 17.5 Å². The predicted octanol–water partition coefficient (Wildman–Crippen LogP) is 2.11. The first-order valence-corrected chi connectivity index (χ1v) is 6.56. The zero-order valence-electron chi connectivity index (χ0n) is 10.9. The van der Waals surface area contributed by atoms with Crippen LogP contribution in [-0.2, 0) is 11.2 Å². The minimum absolute atomic E-state index is 0.0207. The Hall–Kier alpha value is -1.42. The van der Waals surface area contributed by atoms with Crippen LogP contribution in [0.15, 0.2) is 24.3 Å². The van der Waals surface area contributed by atoms with Gasteiger partial charge in [0.1, 0.15) is 0 Å². The van der Waals surface area contributed by atoms with Crippen molar-refractivity contribution in [1.29, 1.82) is 0 Å². The molecule has 0 saturated carbocycles. The molecule has 0 saturated heterocycles. The van der Waals surface area contributed by atoms with E-state index in [2.05, 4.69) is 5.32 Å². The third-order valence-electron chi connectivity index (χ3n) is 2.92. The molecule has 0 heterocycles. The number of nitrogens with one attached hydrogen (secondary N) is 1. The Kier molecular flexibility index (Phi) is 5.78. The van der Waals surface area contributed by atoms with E-state index in [1.54, 1.807) is 0 Å². The molecule has 0 radical (unpaired) electrons. The number of carbonyl (C=O) groups is 1. The minimum atomic E-state index is 0.0207. The summed E-state index contributed by atoms with van der Waals surface area (Å²) in [6, 6.07) is 7.94. The van der Waals surface area contributed by atoms with Gasteiger partial charge in [-0.1, -0.05) is 43.4 Å². The molecule has 0 aromatic heterocycles. The molecule has 1 aromatic rings. The van der Waals surface area contributed by atoms with Gasteiger partial charge in [0.2, 0.25) is 5.91 Å². The van der Waals surface area contributed by atoms with Gasteiger partial charge in [-0.3, -0.25) is 4.79 Å². The number of thiocarbonyl (C=S) groups is 1. The van der Waals surface area contributed by atoms with Gasteiger partial charge < -0.3 is 11.1 Å². The molecule has 0 fully saturated rings. The van der Waals surface area contributed by atoms with E-state index >= 15 is 0 Å². The standard InChI is InChI=1S/C14H20N2OS/c1-3-12(9-13(15)18)16-14(17)8-11-7-5-4-6-10(11)2/h4-7,12H,3,8-9H2,1-2H3,(H2,15,18)(H,16,17). The van der Waals surface area contributed by atoms with Crippen molar-refractivity contribution in [2.75, 3.05) is 0 Å². The topological polar surface area (TPSA) is 55.1 Å². The summed E-state index contributed by atoms with van der Waals surface area (Å²) in [6.45, 7) is 4.02. The SMILES string of the molecule is CCC(CC(N)=S)NC(=O)Cc1ccccc1C. The molecule has 1 aromatic carbocycles. The lowest BCUT2D eigenvalue weighted by Gasteiger charge is -2.16. The Morgan fingerprint density at radius 2 is 2.11 bits per heavy atom. The maximum Gasteiger partial charge on any atom is 0.224 e. The number of nitrogens with two attached hydrogens (primary N) is 1. The van der Waals surface area contributed by atoms with Gasteiger partial charge >= 0.3 is 0 Å².